The highest BCUT2D eigenvalue weighted by Crippen LogP contribution is 2.16. The normalized spacial score (nSPS) is 12.8. The smallest absolute Gasteiger partial charge is 0.306 e. The highest BCUT2D eigenvalue weighted by molar-refractivity contribution is 5.71. The number of carbonyl (C=O) groups excluding carboxylic acids is 3. The molecule has 1 unspecified atom stereocenters. The van der Waals surface area contributed by atoms with Crippen molar-refractivity contribution in [2.24, 2.45) is 0 Å². The molecule has 0 heterocycles. The maximum atomic E-state index is 12.8. The van der Waals surface area contributed by atoms with Gasteiger partial charge in [-0.25, -0.2) is 0 Å². The molecule has 0 amide bonds. The van der Waals surface area contributed by atoms with Gasteiger partial charge in [-0.1, -0.05) is 297 Å². The largest absolute Gasteiger partial charge is 0.462 e. The number of allylic oxidation sites excluding steroid dienone is 18. The first kappa shape index (κ1) is 73.1. The van der Waals surface area contributed by atoms with Crippen LogP contribution in [0.25, 0.3) is 0 Å². The van der Waals surface area contributed by atoms with Crippen molar-refractivity contribution in [3.63, 3.8) is 0 Å². The third-order valence-corrected chi connectivity index (χ3v) is 13.8. The summed E-state index contributed by atoms with van der Waals surface area (Å²) in [5.41, 5.74) is 0. The Kier molecular flexibility index (Phi) is 61.3. The first-order valence-corrected chi connectivity index (χ1v) is 32.4. The van der Waals surface area contributed by atoms with Crippen molar-refractivity contribution in [2.45, 2.75) is 309 Å². The Morgan fingerprint density at radius 2 is 0.532 bits per heavy atom. The zero-order valence-corrected chi connectivity index (χ0v) is 50.4. The molecule has 0 aliphatic carbocycles. The summed E-state index contributed by atoms with van der Waals surface area (Å²) in [6.07, 6.45) is 88.3. The summed E-state index contributed by atoms with van der Waals surface area (Å²) in [4.78, 5) is 38.2. The molecule has 0 aromatic heterocycles. The topological polar surface area (TPSA) is 78.9 Å². The first-order chi connectivity index (χ1) is 38.0. The van der Waals surface area contributed by atoms with E-state index in [2.05, 4.69) is 124 Å². The maximum Gasteiger partial charge on any atom is 0.306 e. The van der Waals surface area contributed by atoms with Crippen LogP contribution in [0.2, 0.25) is 0 Å². The number of carbonyl (C=O) groups is 3. The van der Waals surface area contributed by atoms with Crippen molar-refractivity contribution in [1.29, 1.82) is 0 Å². The predicted octanol–water partition coefficient (Wildman–Crippen LogP) is 22.2. The van der Waals surface area contributed by atoms with Gasteiger partial charge in [0.1, 0.15) is 13.2 Å². The molecule has 0 saturated carbocycles. The standard InChI is InChI=1S/C71H120O6/c1-4-7-10-13-16-19-22-24-26-28-30-31-32-33-34-35-36-37-38-39-41-42-44-46-49-52-55-58-61-64-70(73)76-67-68(66-75-69(72)63-60-57-54-51-48-21-18-15-12-9-6-3)77-71(74)65-62-59-56-53-50-47-45-43-40-29-27-25-23-20-17-14-11-8-5-2/h8,11,17,20,22,24-25,27-28,30,32-33,40,43,47,50,56,59,68H,4-7,9-10,12-16,18-19,21,23,26,29,31,34-39,41-42,44-46,48-49,51-55,57-58,60-67H2,1-3H3/b11-8-,20-17-,24-22-,27-25-,30-28-,33-32-,43-40-,50-47-,59-56-. The Hall–Kier alpha value is -3.93. The van der Waals surface area contributed by atoms with Gasteiger partial charge in [0.25, 0.3) is 0 Å². The second kappa shape index (κ2) is 64.6. The van der Waals surface area contributed by atoms with Crippen molar-refractivity contribution in [3.8, 4) is 0 Å². The predicted molar refractivity (Wildman–Crippen MR) is 334 cm³/mol. The quantitative estimate of drug-likeness (QED) is 0.0261. The summed E-state index contributed by atoms with van der Waals surface area (Å²) in [6, 6.07) is 0. The monoisotopic (exact) mass is 1070 g/mol. The van der Waals surface area contributed by atoms with Crippen molar-refractivity contribution >= 4 is 17.9 Å². The molecule has 0 N–H and O–H groups in total. The number of esters is 3. The lowest BCUT2D eigenvalue weighted by Gasteiger charge is -2.18. The molecule has 0 aromatic carbocycles. The van der Waals surface area contributed by atoms with Gasteiger partial charge in [-0.2, -0.15) is 0 Å². The zero-order valence-electron chi connectivity index (χ0n) is 50.4. The number of unbranched alkanes of at least 4 members (excludes halogenated alkanes) is 29. The van der Waals surface area contributed by atoms with E-state index in [1.54, 1.807) is 0 Å². The number of ether oxygens (including phenoxy) is 3. The van der Waals surface area contributed by atoms with E-state index >= 15 is 0 Å². The average molecular weight is 1070 g/mol. The lowest BCUT2D eigenvalue weighted by atomic mass is 10.0. The van der Waals surface area contributed by atoms with Crippen molar-refractivity contribution in [3.05, 3.63) is 109 Å². The summed E-state index contributed by atoms with van der Waals surface area (Å²) >= 11 is 0. The van der Waals surface area contributed by atoms with Gasteiger partial charge in [0, 0.05) is 19.3 Å². The van der Waals surface area contributed by atoms with Gasteiger partial charge in [-0.05, 0) is 96.3 Å². The molecule has 6 heteroatoms. The maximum absolute atomic E-state index is 12.8. The Morgan fingerprint density at radius 1 is 0.273 bits per heavy atom. The van der Waals surface area contributed by atoms with Crippen molar-refractivity contribution < 1.29 is 28.6 Å². The van der Waals surface area contributed by atoms with Crippen LogP contribution >= 0.6 is 0 Å². The SMILES string of the molecule is CC/C=C\C/C=C\C/C=C\C/C=C\C/C=C\C/C=C\CCC(=O)OC(COC(=O)CCCCCCCCCCCCC)COC(=O)CCCCCCCCCCCCCCCC/C=C\C/C=C\C/C=C\CCCCCCC. The van der Waals surface area contributed by atoms with E-state index in [0.717, 1.165) is 89.9 Å². The number of hydrogen-bond donors (Lipinski definition) is 0. The molecule has 77 heavy (non-hydrogen) atoms. The summed E-state index contributed by atoms with van der Waals surface area (Å²) in [6.45, 7) is 6.46. The summed E-state index contributed by atoms with van der Waals surface area (Å²) < 4.78 is 16.8. The molecule has 0 aliphatic rings. The second-order valence-corrected chi connectivity index (χ2v) is 21.3. The molecule has 0 aromatic rings. The van der Waals surface area contributed by atoms with E-state index in [4.69, 9.17) is 14.2 Å². The number of hydrogen-bond acceptors (Lipinski definition) is 6. The molecule has 0 rings (SSSR count). The Bertz CT molecular complexity index is 1560. The highest BCUT2D eigenvalue weighted by atomic mass is 16.6. The lowest BCUT2D eigenvalue weighted by Crippen LogP contribution is -2.30. The van der Waals surface area contributed by atoms with Crippen molar-refractivity contribution in [2.75, 3.05) is 13.2 Å². The lowest BCUT2D eigenvalue weighted by molar-refractivity contribution is -0.166. The first-order valence-electron chi connectivity index (χ1n) is 32.4. The minimum Gasteiger partial charge on any atom is -0.462 e. The van der Waals surface area contributed by atoms with Crippen LogP contribution in [0.5, 0.6) is 0 Å². The van der Waals surface area contributed by atoms with Crippen LogP contribution in [-0.4, -0.2) is 37.2 Å². The van der Waals surface area contributed by atoms with Gasteiger partial charge in [-0.3, -0.25) is 14.4 Å². The molecule has 6 nitrogen and oxygen atoms in total. The van der Waals surface area contributed by atoms with E-state index < -0.39 is 12.1 Å². The molecule has 0 bridgehead atoms. The zero-order chi connectivity index (χ0) is 55.7. The van der Waals surface area contributed by atoms with Gasteiger partial charge in [-0.15, -0.1) is 0 Å². The van der Waals surface area contributed by atoms with Crippen LogP contribution < -0.4 is 0 Å². The van der Waals surface area contributed by atoms with Crippen LogP contribution in [0.3, 0.4) is 0 Å². The third kappa shape index (κ3) is 62.8. The van der Waals surface area contributed by atoms with Crippen molar-refractivity contribution in [1.82, 2.24) is 0 Å². The van der Waals surface area contributed by atoms with Crippen LogP contribution in [0, 0.1) is 0 Å². The summed E-state index contributed by atoms with van der Waals surface area (Å²) in [5.74, 6) is -0.986. The highest BCUT2D eigenvalue weighted by Gasteiger charge is 2.19. The fraction of sp³-hybridized carbons (Fsp3) is 0.704. The van der Waals surface area contributed by atoms with Crippen LogP contribution in [0.4, 0.5) is 0 Å². The minimum atomic E-state index is -0.819. The van der Waals surface area contributed by atoms with E-state index in [0.29, 0.717) is 19.3 Å². The summed E-state index contributed by atoms with van der Waals surface area (Å²) in [5, 5.41) is 0. The van der Waals surface area contributed by atoms with E-state index in [-0.39, 0.29) is 31.6 Å². The number of rotatable bonds is 58. The van der Waals surface area contributed by atoms with Gasteiger partial charge in [0.15, 0.2) is 6.10 Å². The molecule has 440 valence electrons. The molecule has 0 radical (unpaired) electrons. The third-order valence-electron chi connectivity index (χ3n) is 13.8. The van der Waals surface area contributed by atoms with Gasteiger partial charge < -0.3 is 14.2 Å². The van der Waals surface area contributed by atoms with Gasteiger partial charge in [0.05, 0.1) is 0 Å². The Balaban J connectivity index is 4.30. The molecule has 0 spiro atoms. The molecule has 1 atom stereocenters. The Labute approximate surface area is 476 Å². The minimum absolute atomic E-state index is 0.107. The van der Waals surface area contributed by atoms with Gasteiger partial charge in [0.2, 0.25) is 0 Å². The van der Waals surface area contributed by atoms with Crippen LogP contribution in [0.1, 0.15) is 303 Å². The molecule has 0 saturated heterocycles. The Morgan fingerprint density at radius 3 is 0.844 bits per heavy atom. The molecular formula is C71H120O6. The fourth-order valence-electron chi connectivity index (χ4n) is 8.95. The van der Waals surface area contributed by atoms with Gasteiger partial charge >= 0.3 is 17.9 Å². The molecule has 0 fully saturated rings. The average Bonchev–Trinajstić information content (AvgIpc) is 3.43. The molecule has 0 aliphatic heterocycles. The van der Waals surface area contributed by atoms with Crippen LogP contribution in [-0.2, 0) is 28.6 Å². The van der Waals surface area contributed by atoms with Crippen LogP contribution in [0.15, 0.2) is 109 Å². The summed E-state index contributed by atoms with van der Waals surface area (Å²) in [7, 11) is 0. The van der Waals surface area contributed by atoms with E-state index in [1.807, 2.05) is 6.08 Å². The van der Waals surface area contributed by atoms with E-state index in [1.165, 1.54) is 167 Å². The van der Waals surface area contributed by atoms with E-state index in [9.17, 15) is 14.4 Å². The fourth-order valence-corrected chi connectivity index (χ4v) is 8.95. The molecular weight excluding hydrogens is 949 g/mol. The second-order valence-electron chi connectivity index (χ2n) is 21.3.